The third-order valence-electron chi connectivity index (χ3n) is 4.27. The summed E-state index contributed by atoms with van der Waals surface area (Å²) in [5.74, 6) is 0.890. The molecule has 0 aliphatic rings. The maximum Gasteiger partial charge on any atom is 0.266 e. The molecule has 0 aliphatic carbocycles. The van der Waals surface area contributed by atoms with E-state index in [9.17, 15) is 10.1 Å². The molecule has 3 aromatic carbocycles. The molecular weight excluding hydrogens is 388 g/mol. The molecule has 0 saturated carbocycles. The summed E-state index contributed by atoms with van der Waals surface area (Å²) in [6.45, 7) is 4.33. The Bertz CT molecular complexity index is 1080. The summed E-state index contributed by atoms with van der Waals surface area (Å²) >= 11 is 0. The van der Waals surface area contributed by atoms with E-state index in [1.165, 1.54) is 0 Å². The molecule has 3 aromatic rings. The largest absolute Gasteiger partial charge is 0.491 e. The van der Waals surface area contributed by atoms with Crippen molar-refractivity contribution in [2.75, 3.05) is 5.32 Å². The van der Waals surface area contributed by atoms with Crippen molar-refractivity contribution < 1.29 is 14.3 Å². The lowest BCUT2D eigenvalue weighted by atomic mass is 10.1. The van der Waals surface area contributed by atoms with Gasteiger partial charge in [0.1, 0.15) is 29.7 Å². The van der Waals surface area contributed by atoms with Gasteiger partial charge in [0.15, 0.2) is 0 Å². The second kappa shape index (κ2) is 10.7. The number of carbonyl (C=O) groups excluding carboxylic acids is 1. The first kappa shape index (κ1) is 21.7. The summed E-state index contributed by atoms with van der Waals surface area (Å²) in [7, 11) is 0. The number of hydrogen-bond acceptors (Lipinski definition) is 4. The zero-order valence-corrected chi connectivity index (χ0v) is 17.5. The van der Waals surface area contributed by atoms with Gasteiger partial charge in [0, 0.05) is 11.8 Å². The Morgan fingerprint density at radius 2 is 1.74 bits per heavy atom. The molecule has 0 bridgehead atoms. The number of hydrogen-bond donors (Lipinski definition) is 1. The number of nitrogens with zero attached hydrogens (tertiary/aromatic N) is 1. The molecule has 31 heavy (non-hydrogen) atoms. The summed E-state index contributed by atoms with van der Waals surface area (Å²) in [5, 5.41) is 12.2. The van der Waals surface area contributed by atoms with Crippen LogP contribution in [0.3, 0.4) is 0 Å². The molecule has 0 spiro atoms. The van der Waals surface area contributed by atoms with Crippen LogP contribution >= 0.6 is 0 Å². The van der Waals surface area contributed by atoms with Crippen LogP contribution in [-0.4, -0.2) is 12.0 Å². The van der Waals surface area contributed by atoms with Crippen molar-refractivity contribution >= 4 is 17.7 Å². The van der Waals surface area contributed by atoms with Gasteiger partial charge in [-0.3, -0.25) is 4.79 Å². The van der Waals surface area contributed by atoms with E-state index in [2.05, 4.69) is 5.32 Å². The van der Waals surface area contributed by atoms with Crippen LogP contribution in [0.1, 0.15) is 25.0 Å². The number of ether oxygens (including phenoxy) is 2. The molecule has 156 valence electrons. The molecule has 1 N–H and O–H groups in total. The Kier molecular flexibility index (Phi) is 7.45. The van der Waals surface area contributed by atoms with Gasteiger partial charge in [0.2, 0.25) is 0 Å². The van der Waals surface area contributed by atoms with Crippen LogP contribution in [0.15, 0.2) is 84.4 Å². The number of nitriles is 1. The molecule has 0 aromatic heterocycles. The Labute approximate surface area is 182 Å². The van der Waals surface area contributed by atoms with Gasteiger partial charge in [-0.2, -0.15) is 5.26 Å². The van der Waals surface area contributed by atoms with Gasteiger partial charge >= 0.3 is 0 Å². The normalized spacial score (nSPS) is 11.0. The first-order valence-corrected chi connectivity index (χ1v) is 10.00. The van der Waals surface area contributed by atoms with Crippen LogP contribution in [0.2, 0.25) is 0 Å². The Morgan fingerprint density at radius 3 is 2.42 bits per heavy atom. The highest BCUT2D eigenvalue weighted by molar-refractivity contribution is 6.09. The minimum absolute atomic E-state index is 0.00753. The SMILES string of the molecule is CC(C)Oc1cccc(NC(=O)/C(C#N)=C\c2ccc(OCc3ccccc3)cc2)c1. The van der Waals surface area contributed by atoms with Crippen LogP contribution in [0.4, 0.5) is 5.69 Å². The number of amides is 1. The molecule has 1 amide bonds. The fraction of sp³-hybridized carbons (Fsp3) is 0.154. The summed E-state index contributed by atoms with van der Waals surface area (Å²) in [6.07, 6.45) is 1.57. The molecule has 0 aliphatic heterocycles. The van der Waals surface area contributed by atoms with Crippen molar-refractivity contribution in [3.63, 3.8) is 0 Å². The molecule has 0 atom stereocenters. The van der Waals surface area contributed by atoms with Crippen LogP contribution in [0, 0.1) is 11.3 Å². The lowest BCUT2D eigenvalue weighted by molar-refractivity contribution is -0.112. The van der Waals surface area contributed by atoms with E-state index in [1.54, 1.807) is 24.3 Å². The first-order chi connectivity index (χ1) is 15.0. The Hall–Kier alpha value is -4.04. The van der Waals surface area contributed by atoms with E-state index in [1.807, 2.05) is 80.6 Å². The van der Waals surface area contributed by atoms with Crippen LogP contribution in [0.25, 0.3) is 6.08 Å². The van der Waals surface area contributed by atoms with Gasteiger partial charge in [-0.25, -0.2) is 0 Å². The summed E-state index contributed by atoms with van der Waals surface area (Å²) in [5.41, 5.74) is 2.38. The van der Waals surface area contributed by atoms with Gasteiger partial charge in [-0.1, -0.05) is 48.5 Å². The highest BCUT2D eigenvalue weighted by Gasteiger charge is 2.10. The van der Waals surface area contributed by atoms with E-state index in [4.69, 9.17) is 9.47 Å². The standard InChI is InChI=1S/C26H24N2O3/c1-19(2)31-25-10-6-9-23(16-25)28-26(29)22(17-27)15-20-11-13-24(14-12-20)30-18-21-7-4-3-5-8-21/h3-16,19H,18H2,1-2H3,(H,28,29)/b22-15-. The molecule has 5 nitrogen and oxygen atoms in total. The van der Waals surface area contributed by atoms with E-state index >= 15 is 0 Å². The van der Waals surface area contributed by atoms with E-state index in [0.29, 0.717) is 23.8 Å². The third kappa shape index (κ3) is 6.76. The number of anilines is 1. The lowest BCUT2D eigenvalue weighted by Gasteiger charge is -2.11. The number of rotatable bonds is 8. The fourth-order valence-corrected chi connectivity index (χ4v) is 2.83. The Morgan fingerprint density at radius 1 is 1.00 bits per heavy atom. The van der Waals surface area contributed by atoms with Gasteiger partial charge < -0.3 is 14.8 Å². The minimum atomic E-state index is -0.478. The number of carbonyl (C=O) groups is 1. The molecule has 5 heteroatoms. The topological polar surface area (TPSA) is 71.3 Å². The van der Waals surface area contributed by atoms with Crippen LogP contribution < -0.4 is 14.8 Å². The van der Waals surface area contributed by atoms with Crippen molar-refractivity contribution in [1.82, 2.24) is 0 Å². The van der Waals surface area contributed by atoms with E-state index in [0.717, 1.165) is 11.1 Å². The monoisotopic (exact) mass is 412 g/mol. The zero-order chi connectivity index (χ0) is 22.1. The minimum Gasteiger partial charge on any atom is -0.491 e. The molecule has 0 unspecified atom stereocenters. The van der Waals surface area contributed by atoms with Crippen LogP contribution in [0.5, 0.6) is 11.5 Å². The second-order valence-electron chi connectivity index (χ2n) is 7.16. The molecule has 3 rings (SSSR count). The quantitative estimate of drug-likeness (QED) is 0.386. The maximum absolute atomic E-state index is 12.5. The first-order valence-electron chi connectivity index (χ1n) is 10.00. The van der Waals surface area contributed by atoms with Crippen molar-refractivity contribution in [2.45, 2.75) is 26.6 Å². The van der Waals surface area contributed by atoms with Gasteiger partial charge in [-0.05, 0) is 55.3 Å². The van der Waals surface area contributed by atoms with Crippen molar-refractivity contribution in [3.05, 3.63) is 95.6 Å². The molecule has 0 radical (unpaired) electrons. The second-order valence-corrected chi connectivity index (χ2v) is 7.16. The van der Waals surface area contributed by atoms with Gasteiger partial charge in [0.05, 0.1) is 6.10 Å². The predicted octanol–water partition coefficient (Wildman–Crippen LogP) is 5.60. The number of benzene rings is 3. The Balaban J connectivity index is 1.64. The molecule has 0 fully saturated rings. The number of nitrogens with one attached hydrogen (secondary N) is 1. The third-order valence-corrected chi connectivity index (χ3v) is 4.27. The van der Waals surface area contributed by atoms with Gasteiger partial charge in [-0.15, -0.1) is 0 Å². The van der Waals surface area contributed by atoms with Crippen molar-refractivity contribution in [3.8, 4) is 17.6 Å². The highest BCUT2D eigenvalue weighted by atomic mass is 16.5. The van der Waals surface area contributed by atoms with Crippen molar-refractivity contribution in [1.29, 1.82) is 5.26 Å². The highest BCUT2D eigenvalue weighted by Crippen LogP contribution is 2.20. The fourth-order valence-electron chi connectivity index (χ4n) is 2.83. The zero-order valence-electron chi connectivity index (χ0n) is 17.5. The smallest absolute Gasteiger partial charge is 0.266 e. The van der Waals surface area contributed by atoms with Crippen LogP contribution in [-0.2, 0) is 11.4 Å². The summed E-state index contributed by atoms with van der Waals surface area (Å²) in [6, 6.07) is 26.2. The molecular formula is C26H24N2O3. The molecule has 0 heterocycles. The maximum atomic E-state index is 12.5. The van der Waals surface area contributed by atoms with Gasteiger partial charge in [0.25, 0.3) is 5.91 Å². The summed E-state index contributed by atoms with van der Waals surface area (Å²) in [4.78, 5) is 12.5. The average Bonchev–Trinajstić information content (AvgIpc) is 2.77. The predicted molar refractivity (Wildman–Crippen MR) is 122 cm³/mol. The molecule has 0 saturated heterocycles. The van der Waals surface area contributed by atoms with E-state index in [-0.39, 0.29) is 11.7 Å². The average molecular weight is 412 g/mol. The van der Waals surface area contributed by atoms with E-state index < -0.39 is 5.91 Å². The lowest BCUT2D eigenvalue weighted by Crippen LogP contribution is -2.13. The summed E-state index contributed by atoms with van der Waals surface area (Å²) < 4.78 is 11.4. The van der Waals surface area contributed by atoms with Crippen molar-refractivity contribution in [2.24, 2.45) is 0 Å².